The lowest BCUT2D eigenvalue weighted by Gasteiger charge is -2.15. The standard InChI is InChI=1S/C17H19ClFNO/c1-3-15(20)9-12-8-14(19)6-7-16(12)21-17-10-13(18)5-4-11(17)2/h4-8,10,15H,3,9,20H2,1-2H3. The maximum Gasteiger partial charge on any atom is 0.131 e. The molecule has 0 aliphatic heterocycles. The van der Waals surface area contributed by atoms with Crippen LogP contribution in [0.2, 0.25) is 5.02 Å². The quantitative estimate of drug-likeness (QED) is 0.856. The van der Waals surface area contributed by atoms with Gasteiger partial charge in [0.25, 0.3) is 0 Å². The predicted octanol–water partition coefficient (Wildman–Crippen LogP) is 4.86. The normalized spacial score (nSPS) is 12.2. The molecule has 0 saturated carbocycles. The maximum atomic E-state index is 13.5. The van der Waals surface area contributed by atoms with E-state index in [2.05, 4.69) is 0 Å². The first kappa shape index (κ1) is 15.8. The lowest BCUT2D eigenvalue weighted by Crippen LogP contribution is -2.21. The molecule has 2 aromatic carbocycles. The van der Waals surface area contributed by atoms with Crippen LogP contribution in [0.25, 0.3) is 0 Å². The van der Waals surface area contributed by atoms with Crippen molar-refractivity contribution in [3.05, 3.63) is 58.4 Å². The van der Waals surface area contributed by atoms with Crippen LogP contribution in [0.15, 0.2) is 36.4 Å². The molecular weight excluding hydrogens is 289 g/mol. The Labute approximate surface area is 129 Å². The average molecular weight is 308 g/mol. The maximum absolute atomic E-state index is 13.5. The minimum Gasteiger partial charge on any atom is -0.457 e. The van der Waals surface area contributed by atoms with Gasteiger partial charge in [-0.25, -0.2) is 4.39 Å². The molecule has 0 fully saturated rings. The Balaban J connectivity index is 2.32. The summed E-state index contributed by atoms with van der Waals surface area (Å²) in [5.74, 6) is 0.995. The molecule has 0 heterocycles. The lowest BCUT2D eigenvalue weighted by atomic mass is 10.0. The number of nitrogens with two attached hydrogens (primary N) is 1. The Hall–Kier alpha value is -1.58. The molecule has 21 heavy (non-hydrogen) atoms. The van der Waals surface area contributed by atoms with Crippen LogP contribution in [0.5, 0.6) is 11.5 Å². The molecule has 1 unspecified atom stereocenters. The van der Waals surface area contributed by atoms with Crippen molar-refractivity contribution in [2.45, 2.75) is 32.7 Å². The topological polar surface area (TPSA) is 35.2 Å². The van der Waals surface area contributed by atoms with E-state index in [-0.39, 0.29) is 11.9 Å². The van der Waals surface area contributed by atoms with E-state index in [1.165, 1.54) is 12.1 Å². The second-order valence-electron chi connectivity index (χ2n) is 5.14. The van der Waals surface area contributed by atoms with Crippen LogP contribution >= 0.6 is 11.6 Å². The molecule has 0 radical (unpaired) electrons. The zero-order valence-corrected chi connectivity index (χ0v) is 13.0. The van der Waals surface area contributed by atoms with Gasteiger partial charge in [0.2, 0.25) is 0 Å². The van der Waals surface area contributed by atoms with Gasteiger partial charge in [-0.2, -0.15) is 0 Å². The summed E-state index contributed by atoms with van der Waals surface area (Å²) in [7, 11) is 0. The molecule has 2 N–H and O–H groups in total. The van der Waals surface area contributed by atoms with Crippen LogP contribution in [0, 0.1) is 12.7 Å². The summed E-state index contributed by atoms with van der Waals surface area (Å²) in [5, 5.41) is 0.601. The Bertz CT molecular complexity index is 630. The minimum absolute atomic E-state index is 0.0189. The first-order chi connectivity index (χ1) is 9.99. The minimum atomic E-state index is -0.288. The van der Waals surface area contributed by atoms with Crippen molar-refractivity contribution in [1.29, 1.82) is 0 Å². The summed E-state index contributed by atoms with van der Waals surface area (Å²) >= 11 is 5.99. The highest BCUT2D eigenvalue weighted by Gasteiger charge is 2.11. The number of aryl methyl sites for hydroxylation is 1. The van der Waals surface area contributed by atoms with Crippen LogP contribution in [-0.2, 0) is 6.42 Å². The van der Waals surface area contributed by atoms with Gasteiger partial charge in [0.05, 0.1) is 0 Å². The van der Waals surface area contributed by atoms with Crippen molar-refractivity contribution in [1.82, 2.24) is 0 Å². The second-order valence-corrected chi connectivity index (χ2v) is 5.57. The zero-order valence-electron chi connectivity index (χ0n) is 12.2. The number of hydrogen-bond donors (Lipinski definition) is 1. The van der Waals surface area contributed by atoms with Gasteiger partial charge >= 0.3 is 0 Å². The van der Waals surface area contributed by atoms with Crippen molar-refractivity contribution in [2.75, 3.05) is 0 Å². The van der Waals surface area contributed by atoms with Gasteiger partial charge < -0.3 is 10.5 Å². The third-order valence-electron chi connectivity index (χ3n) is 3.40. The van der Waals surface area contributed by atoms with E-state index in [4.69, 9.17) is 22.1 Å². The van der Waals surface area contributed by atoms with Crippen LogP contribution < -0.4 is 10.5 Å². The van der Waals surface area contributed by atoms with Crippen molar-refractivity contribution >= 4 is 11.6 Å². The van der Waals surface area contributed by atoms with Crippen molar-refractivity contribution in [3.63, 3.8) is 0 Å². The van der Waals surface area contributed by atoms with E-state index in [1.807, 2.05) is 26.0 Å². The van der Waals surface area contributed by atoms with E-state index in [1.54, 1.807) is 12.1 Å². The van der Waals surface area contributed by atoms with E-state index >= 15 is 0 Å². The molecule has 4 heteroatoms. The van der Waals surface area contributed by atoms with Crippen LogP contribution in [0.1, 0.15) is 24.5 Å². The molecule has 0 saturated heterocycles. The largest absolute Gasteiger partial charge is 0.457 e. The number of benzene rings is 2. The van der Waals surface area contributed by atoms with Gasteiger partial charge in [-0.3, -0.25) is 0 Å². The highest BCUT2D eigenvalue weighted by molar-refractivity contribution is 6.30. The summed E-state index contributed by atoms with van der Waals surface area (Å²) in [5.41, 5.74) is 7.71. The zero-order chi connectivity index (χ0) is 15.4. The third-order valence-corrected chi connectivity index (χ3v) is 3.63. The summed E-state index contributed by atoms with van der Waals surface area (Å²) in [6.07, 6.45) is 1.40. The number of ether oxygens (including phenoxy) is 1. The Morgan fingerprint density at radius 2 is 1.95 bits per heavy atom. The molecule has 0 amide bonds. The predicted molar refractivity (Wildman–Crippen MR) is 84.6 cm³/mol. The SMILES string of the molecule is CCC(N)Cc1cc(F)ccc1Oc1cc(Cl)ccc1C. The molecule has 0 spiro atoms. The van der Waals surface area contributed by atoms with E-state index < -0.39 is 0 Å². The monoisotopic (exact) mass is 307 g/mol. The number of hydrogen-bond acceptors (Lipinski definition) is 2. The molecule has 1 atom stereocenters. The molecule has 2 aromatic rings. The first-order valence-corrected chi connectivity index (χ1v) is 7.35. The smallest absolute Gasteiger partial charge is 0.131 e. The highest BCUT2D eigenvalue weighted by Crippen LogP contribution is 2.31. The number of halogens is 2. The van der Waals surface area contributed by atoms with Crippen LogP contribution in [0.3, 0.4) is 0 Å². The molecule has 0 aliphatic rings. The van der Waals surface area contributed by atoms with Gasteiger partial charge in [0.15, 0.2) is 0 Å². The second kappa shape index (κ2) is 6.92. The van der Waals surface area contributed by atoms with Gasteiger partial charge in [0.1, 0.15) is 17.3 Å². The summed E-state index contributed by atoms with van der Waals surface area (Å²) < 4.78 is 19.4. The van der Waals surface area contributed by atoms with Crippen molar-refractivity contribution < 1.29 is 9.13 Å². The first-order valence-electron chi connectivity index (χ1n) is 6.97. The third kappa shape index (κ3) is 4.19. The Kier molecular flexibility index (Phi) is 5.21. The Morgan fingerprint density at radius 1 is 1.19 bits per heavy atom. The lowest BCUT2D eigenvalue weighted by molar-refractivity contribution is 0.466. The van der Waals surface area contributed by atoms with Crippen molar-refractivity contribution in [2.24, 2.45) is 5.73 Å². The fourth-order valence-corrected chi connectivity index (χ4v) is 2.20. The van der Waals surface area contributed by atoms with Crippen molar-refractivity contribution in [3.8, 4) is 11.5 Å². The molecule has 0 bridgehead atoms. The number of rotatable bonds is 5. The molecular formula is C17H19ClFNO. The van der Waals surface area contributed by atoms with Gasteiger partial charge in [-0.05, 0) is 61.2 Å². The molecule has 2 nitrogen and oxygen atoms in total. The molecule has 2 rings (SSSR count). The van der Waals surface area contributed by atoms with Crippen LogP contribution in [0.4, 0.5) is 4.39 Å². The van der Waals surface area contributed by atoms with Gasteiger partial charge in [0, 0.05) is 11.1 Å². The molecule has 0 aliphatic carbocycles. The van der Waals surface area contributed by atoms with E-state index in [0.29, 0.717) is 22.9 Å². The van der Waals surface area contributed by atoms with Crippen LogP contribution in [-0.4, -0.2) is 6.04 Å². The molecule has 112 valence electrons. The van der Waals surface area contributed by atoms with Gasteiger partial charge in [-0.1, -0.05) is 24.6 Å². The summed E-state index contributed by atoms with van der Waals surface area (Å²) in [6.45, 7) is 3.94. The summed E-state index contributed by atoms with van der Waals surface area (Å²) in [4.78, 5) is 0. The molecule has 0 aromatic heterocycles. The highest BCUT2D eigenvalue weighted by atomic mass is 35.5. The van der Waals surface area contributed by atoms with E-state index in [9.17, 15) is 4.39 Å². The average Bonchev–Trinajstić information content (AvgIpc) is 2.45. The Morgan fingerprint density at radius 3 is 2.67 bits per heavy atom. The fourth-order valence-electron chi connectivity index (χ4n) is 2.04. The summed E-state index contributed by atoms with van der Waals surface area (Å²) in [6, 6.07) is 9.92. The van der Waals surface area contributed by atoms with Gasteiger partial charge in [-0.15, -0.1) is 0 Å². The van der Waals surface area contributed by atoms with E-state index in [0.717, 1.165) is 17.5 Å². The fraction of sp³-hybridized carbons (Fsp3) is 0.294.